The first-order valence-electron chi connectivity index (χ1n) is 5.62. The van der Waals surface area contributed by atoms with Gasteiger partial charge in [0.05, 0.1) is 30.3 Å². The summed E-state index contributed by atoms with van der Waals surface area (Å²) in [6, 6.07) is 6.81. The topological polar surface area (TPSA) is 60.5 Å². The summed E-state index contributed by atoms with van der Waals surface area (Å²) in [4.78, 5) is 16.6. The van der Waals surface area contributed by atoms with Crippen LogP contribution in [-0.4, -0.2) is 25.2 Å². The quantitative estimate of drug-likeness (QED) is 0.851. The highest BCUT2D eigenvalue weighted by Crippen LogP contribution is 2.29. The lowest BCUT2D eigenvalue weighted by molar-refractivity contribution is -0.141. The number of methoxy groups -OCH3 is 2. The number of esters is 1. The lowest BCUT2D eigenvalue weighted by atomic mass is 10.2. The van der Waals surface area contributed by atoms with E-state index in [2.05, 4.69) is 10.3 Å². The zero-order valence-corrected chi connectivity index (χ0v) is 11.4. The molecule has 100 valence electrons. The Morgan fingerprint density at radius 3 is 2.79 bits per heavy atom. The maximum absolute atomic E-state index is 11.9. The molecule has 0 fully saturated rings. The summed E-state index contributed by atoms with van der Waals surface area (Å²) < 4.78 is 10.1. The van der Waals surface area contributed by atoms with E-state index in [0.717, 1.165) is 10.6 Å². The van der Waals surface area contributed by atoms with Crippen LogP contribution in [0.3, 0.4) is 0 Å². The van der Waals surface area contributed by atoms with E-state index in [0.29, 0.717) is 5.75 Å². The van der Waals surface area contributed by atoms with E-state index in [4.69, 9.17) is 9.47 Å². The Labute approximate surface area is 115 Å². The third-order valence-electron chi connectivity index (χ3n) is 2.58. The van der Waals surface area contributed by atoms with E-state index < -0.39 is 6.04 Å². The van der Waals surface area contributed by atoms with Crippen molar-refractivity contribution in [3.63, 3.8) is 0 Å². The number of carbonyl (C=O) groups excluding carboxylic acids is 1. The smallest absolute Gasteiger partial charge is 0.333 e. The summed E-state index contributed by atoms with van der Waals surface area (Å²) in [7, 11) is 2.95. The van der Waals surface area contributed by atoms with Crippen LogP contribution in [0.2, 0.25) is 0 Å². The van der Waals surface area contributed by atoms with Crippen LogP contribution in [0.4, 0.5) is 5.69 Å². The third-order valence-corrected chi connectivity index (χ3v) is 3.42. The van der Waals surface area contributed by atoms with E-state index in [9.17, 15) is 4.79 Å². The number of anilines is 1. The van der Waals surface area contributed by atoms with Gasteiger partial charge in [-0.25, -0.2) is 4.79 Å². The lowest BCUT2D eigenvalue weighted by Crippen LogP contribution is -2.21. The second kappa shape index (κ2) is 6.19. The molecule has 0 aliphatic heterocycles. The number of thiazole rings is 1. The third kappa shape index (κ3) is 3.03. The summed E-state index contributed by atoms with van der Waals surface area (Å²) >= 11 is 1.39. The number of nitrogens with zero attached hydrogens (tertiary/aromatic N) is 1. The van der Waals surface area contributed by atoms with Gasteiger partial charge in [0.1, 0.15) is 5.75 Å². The number of ether oxygens (including phenoxy) is 2. The van der Waals surface area contributed by atoms with Crippen LogP contribution < -0.4 is 10.1 Å². The molecule has 0 bridgehead atoms. The normalized spacial score (nSPS) is 11.7. The van der Waals surface area contributed by atoms with Gasteiger partial charge in [0.15, 0.2) is 6.04 Å². The minimum atomic E-state index is -0.589. The fourth-order valence-corrected chi connectivity index (χ4v) is 2.31. The molecule has 1 unspecified atom stereocenters. The minimum Gasteiger partial charge on any atom is -0.495 e. The molecular formula is C13H14N2O3S. The van der Waals surface area contributed by atoms with E-state index >= 15 is 0 Å². The van der Waals surface area contributed by atoms with Crippen molar-refractivity contribution in [3.05, 3.63) is 40.8 Å². The van der Waals surface area contributed by atoms with Crippen molar-refractivity contribution < 1.29 is 14.3 Å². The van der Waals surface area contributed by atoms with Gasteiger partial charge in [-0.1, -0.05) is 12.1 Å². The van der Waals surface area contributed by atoms with Crippen molar-refractivity contribution in [2.45, 2.75) is 6.04 Å². The molecule has 2 rings (SSSR count). The number of nitrogens with one attached hydrogen (secondary N) is 1. The molecule has 1 heterocycles. The van der Waals surface area contributed by atoms with Gasteiger partial charge in [-0.2, -0.15) is 0 Å². The van der Waals surface area contributed by atoms with Crippen molar-refractivity contribution in [2.24, 2.45) is 0 Å². The van der Waals surface area contributed by atoms with Crippen LogP contribution in [-0.2, 0) is 9.53 Å². The number of para-hydroxylation sites is 2. The second-order valence-corrected chi connectivity index (χ2v) is 4.62. The lowest BCUT2D eigenvalue weighted by Gasteiger charge is -2.17. The molecule has 2 aromatic rings. The van der Waals surface area contributed by atoms with Crippen molar-refractivity contribution in [1.82, 2.24) is 4.98 Å². The van der Waals surface area contributed by atoms with Gasteiger partial charge >= 0.3 is 5.97 Å². The largest absolute Gasteiger partial charge is 0.495 e. The number of rotatable bonds is 5. The van der Waals surface area contributed by atoms with Gasteiger partial charge < -0.3 is 14.8 Å². The Balaban J connectivity index is 2.28. The highest BCUT2D eigenvalue weighted by atomic mass is 32.1. The Hall–Kier alpha value is -2.08. The van der Waals surface area contributed by atoms with E-state index in [1.165, 1.54) is 18.4 Å². The standard InChI is InChI=1S/C13H14N2O3S/c1-17-10-6-4-3-5-9(10)15-12(13(16)18-2)11-7-14-8-19-11/h3-8,12,15H,1-2H3. The average molecular weight is 278 g/mol. The Morgan fingerprint density at radius 1 is 1.37 bits per heavy atom. The second-order valence-electron chi connectivity index (χ2n) is 3.70. The van der Waals surface area contributed by atoms with Gasteiger partial charge in [-0.05, 0) is 12.1 Å². The Kier molecular flexibility index (Phi) is 4.35. The molecule has 19 heavy (non-hydrogen) atoms. The van der Waals surface area contributed by atoms with Crippen LogP contribution >= 0.6 is 11.3 Å². The van der Waals surface area contributed by atoms with Crippen LogP contribution in [0.1, 0.15) is 10.9 Å². The molecule has 0 amide bonds. The average Bonchev–Trinajstić information content (AvgIpc) is 2.98. The molecular weight excluding hydrogens is 264 g/mol. The maximum atomic E-state index is 11.9. The minimum absolute atomic E-state index is 0.366. The first-order chi connectivity index (χ1) is 9.26. The molecule has 0 spiro atoms. The van der Waals surface area contributed by atoms with Crippen LogP contribution in [0.5, 0.6) is 5.75 Å². The van der Waals surface area contributed by atoms with E-state index in [1.807, 2.05) is 24.3 Å². The highest BCUT2D eigenvalue weighted by molar-refractivity contribution is 7.09. The number of benzene rings is 1. The summed E-state index contributed by atoms with van der Waals surface area (Å²) in [5.41, 5.74) is 2.41. The van der Waals surface area contributed by atoms with Gasteiger partial charge in [0.2, 0.25) is 0 Å². The monoisotopic (exact) mass is 278 g/mol. The van der Waals surface area contributed by atoms with Crippen molar-refractivity contribution in [2.75, 3.05) is 19.5 Å². The SMILES string of the molecule is COC(=O)C(Nc1ccccc1OC)c1cncs1. The summed E-state index contributed by atoms with van der Waals surface area (Å²) in [6.07, 6.45) is 1.65. The fraction of sp³-hybridized carbons (Fsp3) is 0.231. The fourth-order valence-electron chi connectivity index (χ4n) is 1.65. The van der Waals surface area contributed by atoms with Gasteiger partial charge in [0, 0.05) is 6.20 Å². The predicted octanol–water partition coefficient (Wildman–Crippen LogP) is 2.48. The number of hydrogen-bond donors (Lipinski definition) is 1. The van der Waals surface area contributed by atoms with E-state index in [-0.39, 0.29) is 5.97 Å². The maximum Gasteiger partial charge on any atom is 0.333 e. The molecule has 5 nitrogen and oxygen atoms in total. The van der Waals surface area contributed by atoms with Gasteiger partial charge in [-0.3, -0.25) is 4.98 Å². The molecule has 1 aromatic heterocycles. The Morgan fingerprint density at radius 2 is 2.16 bits per heavy atom. The molecule has 0 saturated heterocycles. The zero-order valence-electron chi connectivity index (χ0n) is 10.6. The first-order valence-corrected chi connectivity index (χ1v) is 6.50. The number of carbonyl (C=O) groups is 1. The number of hydrogen-bond acceptors (Lipinski definition) is 6. The van der Waals surface area contributed by atoms with Crippen molar-refractivity contribution in [1.29, 1.82) is 0 Å². The summed E-state index contributed by atoms with van der Waals surface area (Å²) in [5, 5.41) is 3.12. The van der Waals surface area contributed by atoms with Gasteiger partial charge in [0.25, 0.3) is 0 Å². The molecule has 0 radical (unpaired) electrons. The molecule has 1 N–H and O–H groups in total. The van der Waals surface area contributed by atoms with Gasteiger partial charge in [-0.15, -0.1) is 11.3 Å². The summed E-state index contributed by atoms with van der Waals surface area (Å²) in [6.45, 7) is 0. The first kappa shape index (κ1) is 13.4. The molecule has 0 aliphatic rings. The summed E-state index contributed by atoms with van der Waals surface area (Å²) in [5.74, 6) is 0.302. The Bertz CT molecular complexity index is 543. The molecule has 0 aliphatic carbocycles. The number of aromatic nitrogens is 1. The van der Waals surface area contributed by atoms with Crippen LogP contribution in [0.15, 0.2) is 36.0 Å². The molecule has 0 saturated carbocycles. The van der Waals surface area contributed by atoms with Crippen LogP contribution in [0.25, 0.3) is 0 Å². The van der Waals surface area contributed by atoms with Crippen molar-refractivity contribution in [3.8, 4) is 5.75 Å². The van der Waals surface area contributed by atoms with E-state index in [1.54, 1.807) is 18.8 Å². The molecule has 1 atom stereocenters. The van der Waals surface area contributed by atoms with Crippen molar-refractivity contribution >= 4 is 23.0 Å². The highest BCUT2D eigenvalue weighted by Gasteiger charge is 2.23. The molecule has 1 aromatic carbocycles. The zero-order chi connectivity index (χ0) is 13.7. The molecule has 6 heteroatoms. The van der Waals surface area contributed by atoms with Crippen LogP contribution in [0, 0.1) is 0 Å². The predicted molar refractivity (Wildman–Crippen MR) is 73.5 cm³/mol.